The minimum absolute atomic E-state index is 0.185. The normalized spacial score (nSPS) is 10.6. The number of nitrogens with zero attached hydrogens (tertiary/aromatic N) is 3. The Morgan fingerprint density at radius 1 is 1.24 bits per heavy atom. The molecule has 0 atom stereocenters. The molecule has 106 valence electrons. The number of hydrogen-bond acceptors (Lipinski definition) is 6. The maximum Gasteiger partial charge on any atom is 0.293 e. The summed E-state index contributed by atoms with van der Waals surface area (Å²) < 4.78 is 26.6. The highest BCUT2D eigenvalue weighted by molar-refractivity contribution is 7.92. The summed E-state index contributed by atoms with van der Waals surface area (Å²) in [6.07, 6.45) is 1.28. The molecule has 8 nitrogen and oxygen atoms in total. The quantitative estimate of drug-likeness (QED) is 0.676. The van der Waals surface area contributed by atoms with Crippen molar-refractivity contribution in [1.29, 1.82) is 5.26 Å². The zero-order chi connectivity index (χ0) is 15.5. The van der Waals surface area contributed by atoms with Gasteiger partial charge in [-0.2, -0.15) is 5.26 Å². The van der Waals surface area contributed by atoms with Gasteiger partial charge in [0.05, 0.1) is 4.92 Å². The van der Waals surface area contributed by atoms with Gasteiger partial charge < -0.3 is 0 Å². The number of rotatable bonds is 4. The molecule has 0 spiro atoms. The van der Waals surface area contributed by atoms with Gasteiger partial charge in [0, 0.05) is 12.3 Å². The van der Waals surface area contributed by atoms with Gasteiger partial charge in [-0.05, 0) is 18.2 Å². The molecule has 21 heavy (non-hydrogen) atoms. The summed E-state index contributed by atoms with van der Waals surface area (Å²) in [7, 11) is -4.15. The molecule has 0 unspecified atom stereocenters. The van der Waals surface area contributed by atoms with Crippen LogP contribution < -0.4 is 4.72 Å². The van der Waals surface area contributed by atoms with Crippen LogP contribution in [0.5, 0.6) is 0 Å². The van der Waals surface area contributed by atoms with E-state index in [4.69, 9.17) is 5.26 Å². The van der Waals surface area contributed by atoms with E-state index in [2.05, 4.69) is 9.71 Å². The highest BCUT2D eigenvalue weighted by atomic mass is 32.2. The first kappa shape index (κ1) is 14.4. The fourth-order valence-electron chi connectivity index (χ4n) is 1.61. The number of anilines is 1. The molecule has 0 aliphatic rings. The standard InChI is InChI=1S/C12H8N4O4S/c13-8-10-12(6-3-7-14-10)21(19,20)15-9-4-1-2-5-11(9)16(17)18/h1-7,15H. The van der Waals surface area contributed by atoms with E-state index < -0.39 is 14.9 Å². The molecule has 1 N–H and O–H groups in total. The summed E-state index contributed by atoms with van der Waals surface area (Å²) in [6.45, 7) is 0. The molecular formula is C12H8N4O4S. The molecule has 1 heterocycles. The predicted octanol–water partition coefficient (Wildman–Crippen LogP) is 1.66. The third-order valence-electron chi connectivity index (χ3n) is 2.51. The molecule has 2 aromatic rings. The number of nitro groups is 1. The predicted molar refractivity (Wildman–Crippen MR) is 72.9 cm³/mol. The third-order valence-corrected chi connectivity index (χ3v) is 3.91. The van der Waals surface area contributed by atoms with Crippen LogP contribution in [0, 0.1) is 21.4 Å². The maximum absolute atomic E-state index is 12.2. The molecule has 0 saturated heterocycles. The van der Waals surface area contributed by atoms with Gasteiger partial charge in [0.15, 0.2) is 5.69 Å². The smallest absolute Gasteiger partial charge is 0.273 e. The lowest BCUT2D eigenvalue weighted by Gasteiger charge is -2.08. The number of aromatic nitrogens is 1. The molecule has 0 aliphatic heterocycles. The van der Waals surface area contributed by atoms with Crippen molar-refractivity contribution in [2.24, 2.45) is 0 Å². The highest BCUT2D eigenvalue weighted by Gasteiger charge is 2.23. The molecule has 0 amide bonds. The van der Waals surface area contributed by atoms with E-state index >= 15 is 0 Å². The van der Waals surface area contributed by atoms with Gasteiger partial charge in [-0.25, -0.2) is 13.4 Å². The van der Waals surface area contributed by atoms with Crippen molar-refractivity contribution in [1.82, 2.24) is 4.98 Å². The molecule has 0 radical (unpaired) electrons. The number of nitro benzene ring substituents is 1. The van der Waals surface area contributed by atoms with Crippen molar-refractivity contribution in [3.8, 4) is 6.07 Å². The first-order valence-electron chi connectivity index (χ1n) is 5.57. The molecule has 0 fully saturated rings. The minimum atomic E-state index is -4.15. The summed E-state index contributed by atoms with van der Waals surface area (Å²) in [5.74, 6) is 0. The number of sulfonamides is 1. The lowest BCUT2D eigenvalue weighted by Crippen LogP contribution is -2.15. The fraction of sp³-hybridized carbons (Fsp3) is 0. The molecule has 1 aromatic heterocycles. The van der Waals surface area contributed by atoms with Gasteiger partial charge in [0.25, 0.3) is 15.7 Å². The van der Waals surface area contributed by atoms with Crippen molar-refractivity contribution >= 4 is 21.4 Å². The van der Waals surface area contributed by atoms with Crippen molar-refractivity contribution in [2.75, 3.05) is 4.72 Å². The van der Waals surface area contributed by atoms with Crippen LogP contribution in [0.4, 0.5) is 11.4 Å². The molecular weight excluding hydrogens is 296 g/mol. The molecule has 0 bridgehead atoms. The maximum atomic E-state index is 12.2. The van der Waals surface area contributed by atoms with E-state index in [0.29, 0.717) is 0 Å². The van der Waals surface area contributed by atoms with Gasteiger partial charge in [-0.3, -0.25) is 14.8 Å². The number of benzene rings is 1. The van der Waals surface area contributed by atoms with Crippen molar-refractivity contribution in [2.45, 2.75) is 4.90 Å². The summed E-state index contributed by atoms with van der Waals surface area (Å²) in [4.78, 5) is 13.5. The van der Waals surface area contributed by atoms with Crippen LogP contribution in [0.25, 0.3) is 0 Å². The Morgan fingerprint density at radius 2 is 1.95 bits per heavy atom. The van der Waals surface area contributed by atoms with E-state index in [0.717, 1.165) is 0 Å². The second-order valence-electron chi connectivity index (χ2n) is 3.84. The van der Waals surface area contributed by atoms with Gasteiger partial charge in [0.1, 0.15) is 16.7 Å². The van der Waals surface area contributed by atoms with Crippen LogP contribution in [-0.2, 0) is 10.0 Å². The summed E-state index contributed by atoms with van der Waals surface area (Å²) in [5, 5.41) is 19.8. The summed E-state index contributed by atoms with van der Waals surface area (Å²) in [6, 6.07) is 9.52. The van der Waals surface area contributed by atoms with Crippen LogP contribution >= 0.6 is 0 Å². The SMILES string of the molecule is N#Cc1ncccc1S(=O)(=O)Nc1ccccc1[N+](=O)[O-]. The van der Waals surface area contributed by atoms with E-state index in [1.54, 1.807) is 6.07 Å². The lowest BCUT2D eigenvalue weighted by molar-refractivity contribution is -0.383. The molecule has 9 heteroatoms. The van der Waals surface area contributed by atoms with Gasteiger partial charge >= 0.3 is 0 Å². The Balaban J connectivity index is 2.49. The summed E-state index contributed by atoms with van der Waals surface area (Å²) in [5.41, 5.74) is -0.859. The zero-order valence-corrected chi connectivity index (χ0v) is 11.2. The van der Waals surface area contributed by atoms with E-state index in [1.165, 1.54) is 42.6 Å². The van der Waals surface area contributed by atoms with E-state index in [-0.39, 0.29) is 22.0 Å². The Kier molecular flexibility index (Phi) is 3.82. The zero-order valence-electron chi connectivity index (χ0n) is 10.4. The van der Waals surface area contributed by atoms with Crippen LogP contribution in [0.15, 0.2) is 47.5 Å². The number of hydrogen-bond donors (Lipinski definition) is 1. The van der Waals surface area contributed by atoms with E-state index in [1.807, 2.05) is 0 Å². The highest BCUT2D eigenvalue weighted by Crippen LogP contribution is 2.26. The third kappa shape index (κ3) is 2.96. The monoisotopic (exact) mass is 304 g/mol. The number of pyridine rings is 1. The van der Waals surface area contributed by atoms with Gasteiger partial charge in [-0.15, -0.1) is 0 Å². The second kappa shape index (κ2) is 5.56. The van der Waals surface area contributed by atoms with Crippen molar-refractivity contribution in [3.63, 3.8) is 0 Å². The molecule has 2 rings (SSSR count). The number of nitrogens with one attached hydrogen (secondary N) is 1. The van der Waals surface area contributed by atoms with Crippen LogP contribution in [0.2, 0.25) is 0 Å². The summed E-state index contributed by atoms with van der Waals surface area (Å²) >= 11 is 0. The van der Waals surface area contributed by atoms with E-state index in [9.17, 15) is 18.5 Å². The average molecular weight is 304 g/mol. The molecule has 0 saturated carbocycles. The molecule has 1 aromatic carbocycles. The van der Waals surface area contributed by atoms with Gasteiger partial charge in [-0.1, -0.05) is 12.1 Å². The minimum Gasteiger partial charge on any atom is -0.273 e. The first-order valence-corrected chi connectivity index (χ1v) is 7.05. The van der Waals surface area contributed by atoms with Crippen LogP contribution in [0.1, 0.15) is 5.69 Å². The largest absolute Gasteiger partial charge is 0.293 e. The topological polar surface area (TPSA) is 126 Å². The van der Waals surface area contributed by atoms with Crippen LogP contribution in [0.3, 0.4) is 0 Å². The second-order valence-corrected chi connectivity index (χ2v) is 5.49. The van der Waals surface area contributed by atoms with Crippen molar-refractivity contribution < 1.29 is 13.3 Å². The number of nitriles is 1. The molecule has 0 aliphatic carbocycles. The average Bonchev–Trinajstić information content (AvgIpc) is 2.47. The Labute approximate surface area is 119 Å². The first-order chi connectivity index (χ1) is 9.95. The fourth-order valence-corrected chi connectivity index (χ4v) is 2.79. The Morgan fingerprint density at radius 3 is 2.62 bits per heavy atom. The Hall–Kier alpha value is -2.99. The Bertz CT molecular complexity index is 842. The van der Waals surface area contributed by atoms with Crippen LogP contribution in [-0.4, -0.2) is 18.3 Å². The van der Waals surface area contributed by atoms with Crippen molar-refractivity contribution in [3.05, 3.63) is 58.4 Å². The van der Waals surface area contributed by atoms with Gasteiger partial charge in [0.2, 0.25) is 0 Å². The lowest BCUT2D eigenvalue weighted by atomic mass is 10.3. The number of para-hydroxylation sites is 2.